The number of hydrogen-bond donors (Lipinski definition) is 2. The van der Waals surface area contributed by atoms with Crippen LogP contribution in [-0.2, 0) is 0 Å². The highest BCUT2D eigenvalue weighted by Gasteiger charge is 2.17. The zero-order chi connectivity index (χ0) is 15.5. The Morgan fingerprint density at radius 3 is 2.73 bits per heavy atom. The second-order valence-electron chi connectivity index (χ2n) is 5.13. The number of imidazole rings is 1. The van der Waals surface area contributed by atoms with Gasteiger partial charge in [0.05, 0.1) is 29.8 Å². The van der Waals surface area contributed by atoms with E-state index in [4.69, 9.17) is 4.42 Å². The normalized spacial score (nSPS) is 12.1. The molecule has 3 rings (SSSR count). The lowest BCUT2D eigenvalue weighted by atomic mass is 10.2. The van der Waals surface area contributed by atoms with Crippen LogP contribution >= 0.6 is 0 Å². The van der Waals surface area contributed by atoms with Crippen LogP contribution in [0.25, 0.3) is 11.3 Å². The summed E-state index contributed by atoms with van der Waals surface area (Å²) in [5.41, 5.74) is 2.53. The van der Waals surface area contributed by atoms with Gasteiger partial charge in [0.2, 0.25) is 0 Å². The Morgan fingerprint density at radius 2 is 2.05 bits per heavy atom. The van der Waals surface area contributed by atoms with Crippen molar-refractivity contribution in [1.29, 1.82) is 0 Å². The van der Waals surface area contributed by atoms with Gasteiger partial charge >= 0.3 is 0 Å². The minimum Gasteiger partial charge on any atom is -0.469 e. The SMILES string of the molecule is Cc1occc1C(=O)N[C@@H](C)c1ncc(-c2ccccc2)[nH]1. The highest BCUT2D eigenvalue weighted by Crippen LogP contribution is 2.19. The number of aromatic nitrogens is 2. The highest BCUT2D eigenvalue weighted by atomic mass is 16.3. The van der Waals surface area contributed by atoms with E-state index >= 15 is 0 Å². The van der Waals surface area contributed by atoms with Crippen molar-refractivity contribution in [2.75, 3.05) is 0 Å². The molecule has 22 heavy (non-hydrogen) atoms. The second-order valence-corrected chi connectivity index (χ2v) is 5.13. The minimum absolute atomic E-state index is 0.170. The van der Waals surface area contributed by atoms with Crippen LogP contribution in [-0.4, -0.2) is 15.9 Å². The number of nitrogens with one attached hydrogen (secondary N) is 2. The van der Waals surface area contributed by atoms with Crippen LogP contribution in [0.15, 0.2) is 53.3 Å². The van der Waals surface area contributed by atoms with Crippen LogP contribution in [0.1, 0.15) is 34.9 Å². The molecule has 0 fully saturated rings. The van der Waals surface area contributed by atoms with Crippen LogP contribution in [0.5, 0.6) is 0 Å². The van der Waals surface area contributed by atoms with Gasteiger partial charge in [-0.15, -0.1) is 0 Å². The van der Waals surface area contributed by atoms with Gasteiger partial charge in [-0.1, -0.05) is 30.3 Å². The van der Waals surface area contributed by atoms with Crippen molar-refractivity contribution in [3.63, 3.8) is 0 Å². The van der Waals surface area contributed by atoms with Gasteiger partial charge in [-0.25, -0.2) is 4.98 Å². The fraction of sp³-hybridized carbons (Fsp3) is 0.176. The van der Waals surface area contributed by atoms with E-state index in [9.17, 15) is 4.79 Å². The molecule has 2 heterocycles. The molecule has 2 aromatic heterocycles. The van der Waals surface area contributed by atoms with E-state index in [1.54, 1.807) is 19.2 Å². The van der Waals surface area contributed by atoms with Gasteiger partial charge in [0.15, 0.2) is 0 Å². The summed E-state index contributed by atoms with van der Waals surface area (Å²) in [5, 5.41) is 2.91. The third-order valence-electron chi connectivity index (χ3n) is 3.54. The molecule has 5 heteroatoms. The summed E-state index contributed by atoms with van der Waals surface area (Å²) in [5.74, 6) is 1.15. The third kappa shape index (κ3) is 2.79. The third-order valence-corrected chi connectivity index (χ3v) is 3.54. The first-order valence-electron chi connectivity index (χ1n) is 7.10. The first kappa shape index (κ1) is 14.1. The van der Waals surface area contributed by atoms with E-state index in [0.29, 0.717) is 17.1 Å². The first-order valence-corrected chi connectivity index (χ1v) is 7.10. The molecule has 2 N–H and O–H groups in total. The maximum atomic E-state index is 12.2. The maximum absolute atomic E-state index is 12.2. The smallest absolute Gasteiger partial charge is 0.255 e. The molecule has 0 aliphatic rings. The summed E-state index contributed by atoms with van der Waals surface area (Å²) in [6.07, 6.45) is 3.28. The lowest BCUT2D eigenvalue weighted by Gasteiger charge is -2.11. The number of H-pyrrole nitrogens is 1. The monoisotopic (exact) mass is 295 g/mol. The molecule has 1 amide bonds. The van der Waals surface area contributed by atoms with Crippen molar-refractivity contribution in [1.82, 2.24) is 15.3 Å². The molecule has 0 aliphatic heterocycles. The number of benzene rings is 1. The average molecular weight is 295 g/mol. The van der Waals surface area contributed by atoms with Crippen molar-refractivity contribution in [3.8, 4) is 11.3 Å². The lowest BCUT2D eigenvalue weighted by Crippen LogP contribution is -2.27. The van der Waals surface area contributed by atoms with Gasteiger partial charge in [0.1, 0.15) is 11.6 Å². The van der Waals surface area contributed by atoms with E-state index in [1.807, 2.05) is 37.3 Å². The highest BCUT2D eigenvalue weighted by molar-refractivity contribution is 5.95. The number of aromatic amines is 1. The zero-order valence-corrected chi connectivity index (χ0v) is 12.5. The van der Waals surface area contributed by atoms with E-state index in [2.05, 4.69) is 15.3 Å². The Labute approximate surface area is 128 Å². The van der Waals surface area contributed by atoms with Crippen molar-refractivity contribution in [3.05, 3.63) is 66.0 Å². The van der Waals surface area contributed by atoms with Crippen LogP contribution in [0, 0.1) is 6.92 Å². The molecule has 112 valence electrons. The number of nitrogens with zero attached hydrogens (tertiary/aromatic N) is 1. The number of furan rings is 1. The zero-order valence-electron chi connectivity index (χ0n) is 12.5. The van der Waals surface area contributed by atoms with Crippen LogP contribution in [0.3, 0.4) is 0 Å². The maximum Gasteiger partial charge on any atom is 0.255 e. The molecule has 0 radical (unpaired) electrons. The van der Waals surface area contributed by atoms with Gasteiger partial charge < -0.3 is 14.7 Å². The molecule has 3 aromatic rings. The Kier molecular flexibility index (Phi) is 3.78. The van der Waals surface area contributed by atoms with Crippen LogP contribution < -0.4 is 5.32 Å². The number of carbonyl (C=O) groups excluding carboxylic acids is 1. The molecule has 1 atom stereocenters. The number of amides is 1. The van der Waals surface area contributed by atoms with E-state index in [0.717, 1.165) is 11.3 Å². The average Bonchev–Trinajstić information content (AvgIpc) is 3.17. The number of rotatable bonds is 4. The summed E-state index contributed by atoms with van der Waals surface area (Å²) in [7, 11) is 0. The molecule has 0 saturated carbocycles. The standard InChI is InChI=1S/C17H17N3O2/c1-11(19-17(21)14-8-9-22-12(14)2)16-18-10-15(20-16)13-6-4-3-5-7-13/h3-11H,1-2H3,(H,18,20)(H,19,21)/t11-/m0/s1. The van der Waals surface area contributed by atoms with Gasteiger partial charge in [-0.2, -0.15) is 0 Å². The van der Waals surface area contributed by atoms with Crippen LogP contribution in [0.2, 0.25) is 0 Å². The van der Waals surface area contributed by atoms with E-state index in [-0.39, 0.29) is 11.9 Å². The molecule has 0 saturated heterocycles. The molecular formula is C17H17N3O2. The van der Waals surface area contributed by atoms with Crippen molar-refractivity contribution in [2.45, 2.75) is 19.9 Å². The number of hydrogen-bond acceptors (Lipinski definition) is 3. The Balaban J connectivity index is 1.73. The van der Waals surface area contributed by atoms with Gasteiger partial charge in [0.25, 0.3) is 5.91 Å². The molecule has 0 unspecified atom stereocenters. The molecule has 1 aromatic carbocycles. The summed E-state index contributed by atoms with van der Waals surface area (Å²) >= 11 is 0. The predicted molar refractivity (Wildman–Crippen MR) is 83.3 cm³/mol. The Hall–Kier alpha value is -2.82. The summed E-state index contributed by atoms with van der Waals surface area (Å²) in [6.45, 7) is 3.65. The van der Waals surface area contributed by atoms with E-state index in [1.165, 1.54) is 6.26 Å². The number of carbonyl (C=O) groups is 1. The van der Waals surface area contributed by atoms with Crippen molar-refractivity contribution >= 4 is 5.91 Å². The molecule has 0 bridgehead atoms. The van der Waals surface area contributed by atoms with Gasteiger partial charge in [-0.05, 0) is 25.5 Å². The summed E-state index contributed by atoms with van der Waals surface area (Å²) in [4.78, 5) is 19.8. The summed E-state index contributed by atoms with van der Waals surface area (Å²) < 4.78 is 5.15. The van der Waals surface area contributed by atoms with E-state index < -0.39 is 0 Å². The number of aryl methyl sites for hydroxylation is 1. The Morgan fingerprint density at radius 1 is 1.27 bits per heavy atom. The first-order chi connectivity index (χ1) is 10.6. The van der Waals surface area contributed by atoms with Crippen LogP contribution in [0.4, 0.5) is 0 Å². The fourth-order valence-corrected chi connectivity index (χ4v) is 2.28. The molecule has 5 nitrogen and oxygen atoms in total. The second kappa shape index (κ2) is 5.89. The fourth-order valence-electron chi connectivity index (χ4n) is 2.28. The van der Waals surface area contributed by atoms with Gasteiger partial charge in [-0.3, -0.25) is 4.79 Å². The largest absolute Gasteiger partial charge is 0.469 e. The topological polar surface area (TPSA) is 70.9 Å². The Bertz CT molecular complexity index is 774. The van der Waals surface area contributed by atoms with Gasteiger partial charge in [0, 0.05) is 0 Å². The molecule has 0 spiro atoms. The molecule has 0 aliphatic carbocycles. The quantitative estimate of drug-likeness (QED) is 0.774. The molecular weight excluding hydrogens is 278 g/mol. The van der Waals surface area contributed by atoms with Crippen molar-refractivity contribution in [2.24, 2.45) is 0 Å². The summed E-state index contributed by atoms with van der Waals surface area (Å²) in [6, 6.07) is 11.4. The predicted octanol–water partition coefficient (Wildman–Crippen LogP) is 3.47. The lowest BCUT2D eigenvalue weighted by molar-refractivity contribution is 0.0937. The minimum atomic E-state index is -0.223. The van der Waals surface area contributed by atoms with Crippen molar-refractivity contribution < 1.29 is 9.21 Å².